The first-order valence-electron chi connectivity index (χ1n) is 5.04. The molecule has 3 N–H and O–H groups in total. The van der Waals surface area contributed by atoms with Crippen LogP contribution in [0.5, 0.6) is 0 Å². The van der Waals surface area contributed by atoms with E-state index < -0.39 is 0 Å². The molecule has 1 atom stereocenters. The van der Waals surface area contributed by atoms with E-state index in [2.05, 4.69) is 33.2 Å². The fraction of sp³-hybridized carbons (Fsp3) is 0.400. The molecule has 2 aromatic rings. The van der Waals surface area contributed by atoms with Gasteiger partial charge < -0.3 is 0 Å². The average Bonchev–Trinajstić information content (AvgIpc) is 2.85. The van der Waals surface area contributed by atoms with Crippen molar-refractivity contribution >= 4 is 11.3 Å². The van der Waals surface area contributed by atoms with Crippen molar-refractivity contribution < 1.29 is 0 Å². The summed E-state index contributed by atoms with van der Waals surface area (Å²) in [5, 5.41) is 8.29. The molecule has 2 aromatic heterocycles. The molecule has 5 nitrogen and oxygen atoms in total. The first-order valence-corrected chi connectivity index (χ1v) is 5.98. The highest BCUT2D eigenvalue weighted by Gasteiger charge is 2.16. The van der Waals surface area contributed by atoms with Crippen LogP contribution in [0.2, 0.25) is 0 Å². The van der Waals surface area contributed by atoms with Crippen molar-refractivity contribution in [2.45, 2.75) is 19.4 Å². The summed E-state index contributed by atoms with van der Waals surface area (Å²) in [7, 11) is 1.89. The van der Waals surface area contributed by atoms with Crippen LogP contribution in [0, 0.1) is 6.92 Å². The van der Waals surface area contributed by atoms with Crippen LogP contribution in [-0.4, -0.2) is 14.8 Å². The monoisotopic (exact) mass is 237 g/mol. The van der Waals surface area contributed by atoms with Crippen molar-refractivity contribution in [2.24, 2.45) is 12.9 Å². The Morgan fingerprint density at radius 1 is 1.56 bits per heavy atom. The zero-order valence-electron chi connectivity index (χ0n) is 9.34. The maximum Gasteiger partial charge on any atom is 0.138 e. The second kappa shape index (κ2) is 4.73. The van der Waals surface area contributed by atoms with Gasteiger partial charge in [0.05, 0.1) is 6.04 Å². The summed E-state index contributed by atoms with van der Waals surface area (Å²) in [6, 6.07) is 0.0918. The summed E-state index contributed by atoms with van der Waals surface area (Å²) in [5.41, 5.74) is 5.33. The maximum absolute atomic E-state index is 5.60. The predicted octanol–water partition coefficient (Wildman–Crippen LogP) is 0.932. The van der Waals surface area contributed by atoms with Crippen LogP contribution in [0.1, 0.15) is 23.0 Å². The molecular weight excluding hydrogens is 222 g/mol. The normalized spacial score (nSPS) is 12.9. The molecule has 0 radical (unpaired) electrons. The Kier molecular flexibility index (Phi) is 3.33. The number of hydrazine groups is 1. The van der Waals surface area contributed by atoms with Gasteiger partial charge in [0.15, 0.2) is 0 Å². The number of rotatable bonds is 4. The standard InChI is InChI=1S/C10H15N5S/c1-7-4-16-5-8(7)9(14-11)3-10-12-6-13-15(10)2/h4-6,9,14H,3,11H2,1-2H3. The van der Waals surface area contributed by atoms with Gasteiger partial charge in [-0.2, -0.15) is 16.4 Å². The SMILES string of the molecule is Cc1cscc1C(Cc1ncnn1C)NN. The average molecular weight is 237 g/mol. The Balaban J connectivity index is 2.19. The molecule has 2 heterocycles. The number of hydrogen-bond donors (Lipinski definition) is 2. The van der Waals surface area contributed by atoms with Gasteiger partial charge in [-0.15, -0.1) is 0 Å². The minimum atomic E-state index is 0.0918. The zero-order chi connectivity index (χ0) is 11.5. The Hall–Kier alpha value is -1.24. The van der Waals surface area contributed by atoms with Crippen molar-refractivity contribution in [3.05, 3.63) is 34.0 Å². The Morgan fingerprint density at radius 2 is 2.38 bits per heavy atom. The lowest BCUT2D eigenvalue weighted by molar-refractivity contribution is 0.522. The van der Waals surface area contributed by atoms with Crippen molar-refractivity contribution in [3.8, 4) is 0 Å². The third-order valence-corrected chi connectivity index (χ3v) is 3.54. The third-order valence-electron chi connectivity index (χ3n) is 2.66. The number of aryl methyl sites for hydroxylation is 2. The van der Waals surface area contributed by atoms with Crippen LogP contribution in [-0.2, 0) is 13.5 Å². The van der Waals surface area contributed by atoms with Gasteiger partial charge in [-0.3, -0.25) is 16.0 Å². The molecule has 0 fully saturated rings. The van der Waals surface area contributed by atoms with E-state index in [0.717, 1.165) is 12.2 Å². The second-order valence-corrected chi connectivity index (χ2v) is 4.48. The predicted molar refractivity (Wildman–Crippen MR) is 63.8 cm³/mol. The van der Waals surface area contributed by atoms with E-state index in [1.54, 1.807) is 22.3 Å². The summed E-state index contributed by atoms with van der Waals surface area (Å²) in [6.45, 7) is 2.09. The van der Waals surface area contributed by atoms with Gasteiger partial charge in [0.2, 0.25) is 0 Å². The van der Waals surface area contributed by atoms with Crippen LogP contribution in [0.3, 0.4) is 0 Å². The van der Waals surface area contributed by atoms with E-state index in [4.69, 9.17) is 5.84 Å². The Labute approximate surface area is 98.3 Å². The van der Waals surface area contributed by atoms with Gasteiger partial charge in [-0.25, -0.2) is 4.98 Å². The van der Waals surface area contributed by atoms with Crippen LogP contribution in [0.25, 0.3) is 0 Å². The molecule has 86 valence electrons. The molecule has 0 spiro atoms. The molecule has 0 saturated heterocycles. The number of nitrogens with one attached hydrogen (secondary N) is 1. The molecule has 0 amide bonds. The van der Waals surface area contributed by atoms with Crippen LogP contribution in [0.4, 0.5) is 0 Å². The smallest absolute Gasteiger partial charge is 0.138 e. The largest absolute Gasteiger partial charge is 0.271 e. The van der Waals surface area contributed by atoms with E-state index in [9.17, 15) is 0 Å². The van der Waals surface area contributed by atoms with Gasteiger partial charge >= 0.3 is 0 Å². The quantitative estimate of drug-likeness (QED) is 0.613. The van der Waals surface area contributed by atoms with Crippen LogP contribution in [0.15, 0.2) is 17.1 Å². The maximum atomic E-state index is 5.60. The lowest BCUT2D eigenvalue weighted by Crippen LogP contribution is -2.30. The molecule has 16 heavy (non-hydrogen) atoms. The van der Waals surface area contributed by atoms with E-state index in [1.165, 1.54) is 11.1 Å². The molecule has 0 aliphatic carbocycles. The number of hydrogen-bond acceptors (Lipinski definition) is 5. The summed E-state index contributed by atoms with van der Waals surface area (Å²) in [5.74, 6) is 6.52. The minimum Gasteiger partial charge on any atom is -0.271 e. The second-order valence-electron chi connectivity index (χ2n) is 3.73. The highest BCUT2D eigenvalue weighted by molar-refractivity contribution is 7.08. The van der Waals surface area contributed by atoms with Crippen molar-refractivity contribution in [1.29, 1.82) is 0 Å². The summed E-state index contributed by atoms with van der Waals surface area (Å²) in [4.78, 5) is 4.20. The Bertz CT molecular complexity index is 461. The number of nitrogens with two attached hydrogens (primary N) is 1. The summed E-state index contributed by atoms with van der Waals surface area (Å²) in [6.07, 6.45) is 2.30. The Morgan fingerprint density at radius 3 is 2.88 bits per heavy atom. The summed E-state index contributed by atoms with van der Waals surface area (Å²) >= 11 is 1.69. The minimum absolute atomic E-state index is 0.0918. The van der Waals surface area contributed by atoms with Gasteiger partial charge in [0.25, 0.3) is 0 Å². The number of aromatic nitrogens is 3. The molecule has 0 aliphatic rings. The fourth-order valence-corrected chi connectivity index (χ4v) is 2.58. The molecule has 1 unspecified atom stereocenters. The van der Waals surface area contributed by atoms with Gasteiger partial charge in [0, 0.05) is 13.5 Å². The third kappa shape index (κ3) is 2.13. The van der Waals surface area contributed by atoms with Gasteiger partial charge in [0.1, 0.15) is 12.2 Å². The van der Waals surface area contributed by atoms with E-state index in [-0.39, 0.29) is 6.04 Å². The first-order chi connectivity index (χ1) is 7.72. The molecule has 0 aromatic carbocycles. The molecular formula is C10H15N5S. The topological polar surface area (TPSA) is 68.8 Å². The highest BCUT2D eigenvalue weighted by atomic mass is 32.1. The van der Waals surface area contributed by atoms with Crippen LogP contribution >= 0.6 is 11.3 Å². The summed E-state index contributed by atoms with van der Waals surface area (Å²) < 4.78 is 1.77. The molecule has 0 saturated carbocycles. The van der Waals surface area contributed by atoms with E-state index in [1.807, 2.05) is 7.05 Å². The van der Waals surface area contributed by atoms with E-state index in [0.29, 0.717) is 0 Å². The van der Waals surface area contributed by atoms with Crippen molar-refractivity contribution in [3.63, 3.8) is 0 Å². The lowest BCUT2D eigenvalue weighted by atomic mass is 10.0. The molecule has 0 aliphatic heterocycles. The van der Waals surface area contributed by atoms with Gasteiger partial charge in [-0.05, 0) is 28.8 Å². The highest BCUT2D eigenvalue weighted by Crippen LogP contribution is 2.23. The van der Waals surface area contributed by atoms with Gasteiger partial charge in [-0.1, -0.05) is 0 Å². The molecule has 2 rings (SSSR count). The zero-order valence-corrected chi connectivity index (χ0v) is 10.2. The lowest BCUT2D eigenvalue weighted by Gasteiger charge is -2.15. The first kappa shape index (κ1) is 11.3. The van der Waals surface area contributed by atoms with Crippen molar-refractivity contribution in [2.75, 3.05) is 0 Å². The number of nitrogens with zero attached hydrogens (tertiary/aromatic N) is 3. The molecule has 0 bridgehead atoms. The van der Waals surface area contributed by atoms with Crippen molar-refractivity contribution in [1.82, 2.24) is 20.2 Å². The molecule has 6 heteroatoms. The number of thiophene rings is 1. The fourth-order valence-electron chi connectivity index (χ4n) is 1.67. The van der Waals surface area contributed by atoms with E-state index >= 15 is 0 Å². The van der Waals surface area contributed by atoms with Crippen LogP contribution < -0.4 is 11.3 Å².